The van der Waals surface area contributed by atoms with Gasteiger partial charge < -0.3 is 14.6 Å². The number of aliphatic hydroxyl groups excluding tert-OH is 1. The lowest BCUT2D eigenvalue weighted by Gasteiger charge is -2.31. The Kier molecular flexibility index (Phi) is 8.93. The van der Waals surface area contributed by atoms with Crippen LogP contribution in [0.3, 0.4) is 0 Å². The van der Waals surface area contributed by atoms with Gasteiger partial charge in [0.05, 0.1) is 36.3 Å². The van der Waals surface area contributed by atoms with Crippen LogP contribution in [-0.2, 0) is 11.3 Å². The Labute approximate surface area is 208 Å². The second kappa shape index (κ2) is 12.3. The van der Waals surface area contributed by atoms with E-state index in [9.17, 15) is 5.11 Å². The maximum atomic E-state index is 10.9. The number of β-amino-alcohol motifs (C(OH)–C–C–N with tert-alkyl or cyclic N) is 1. The number of rotatable bonds is 11. The van der Waals surface area contributed by atoms with E-state index in [-0.39, 0.29) is 0 Å². The topological polar surface area (TPSA) is 63.0 Å². The van der Waals surface area contributed by atoms with Crippen LogP contribution in [0.1, 0.15) is 30.2 Å². The zero-order valence-corrected chi connectivity index (χ0v) is 21.2. The molecule has 1 aromatic heterocycles. The van der Waals surface area contributed by atoms with E-state index >= 15 is 0 Å². The Morgan fingerprint density at radius 2 is 1.86 bits per heavy atom. The third-order valence-corrected chi connectivity index (χ3v) is 6.31. The summed E-state index contributed by atoms with van der Waals surface area (Å²) in [6.07, 6.45) is 0.579. The Morgan fingerprint density at radius 3 is 2.57 bits per heavy atom. The number of aliphatic hydroxyl groups is 1. The molecule has 1 N–H and O–H groups in total. The number of aryl methyl sites for hydroxylation is 2. The van der Waals surface area contributed by atoms with Crippen molar-refractivity contribution in [2.24, 2.45) is 0 Å². The molecule has 1 fully saturated rings. The summed E-state index contributed by atoms with van der Waals surface area (Å²) in [5, 5.41) is 15.8. The maximum absolute atomic E-state index is 10.9. The van der Waals surface area contributed by atoms with Crippen LogP contribution in [0.5, 0.6) is 11.6 Å². The summed E-state index contributed by atoms with van der Waals surface area (Å²) in [7, 11) is 0. The molecule has 0 aliphatic carbocycles. The zero-order valence-electron chi connectivity index (χ0n) is 21.2. The van der Waals surface area contributed by atoms with Crippen molar-refractivity contribution in [1.29, 1.82) is 0 Å². The fourth-order valence-electron chi connectivity index (χ4n) is 4.57. The molecule has 4 rings (SSSR count). The average molecular weight is 479 g/mol. The van der Waals surface area contributed by atoms with Crippen LogP contribution in [-0.4, -0.2) is 76.7 Å². The average Bonchev–Trinajstić information content (AvgIpc) is 3.15. The van der Waals surface area contributed by atoms with Gasteiger partial charge in [0.1, 0.15) is 5.75 Å². The van der Waals surface area contributed by atoms with Gasteiger partial charge >= 0.3 is 0 Å². The van der Waals surface area contributed by atoms with E-state index in [4.69, 9.17) is 14.6 Å². The molecule has 0 bridgehead atoms. The summed E-state index contributed by atoms with van der Waals surface area (Å²) in [4.78, 5) is 4.59. The highest BCUT2D eigenvalue weighted by Gasteiger charge is 2.23. The first-order chi connectivity index (χ1) is 17.0. The van der Waals surface area contributed by atoms with Gasteiger partial charge in [0, 0.05) is 32.7 Å². The highest BCUT2D eigenvalue weighted by atomic mass is 16.5. The van der Waals surface area contributed by atoms with Crippen molar-refractivity contribution in [3.63, 3.8) is 0 Å². The molecule has 35 heavy (non-hydrogen) atoms. The van der Waals surface area contributed by atoms with Crippen molar-refractivity contribution in [3.8, 4) is 17.3 Å². The van der Waals surface area contributed by atoms with Gasteiger partial charge in [-0.25, -0.2) is 4.68 Å². The summed E-state index contributed by atoms with van der Waals surface area (Å²) in [6.45, 7) is 12.3. The quantitative estimate of drug-likeness (QED) is 0.446. The van der Waals surface area contributed by atoms with Crippen molar-refractivity contribution >= 4 is 0 Å². The molecular weight excluding hydrogens is 440 g/mol. The van der Waals surface area contributed by atoms with Crippen molar-refractivity contribution in [3.05, 3.63) is 71.4 Å². The molecule has 7 nitrogen and oxygen atoms in total. The fraction of sp³-hybridized carbons (Fsp3) is 0.464. The van der Waals surface area contributed by atoms with E-state index in [1.807, 2.05) is 60.1 Å². The van der Waals surface area contributed by atoms with E-state index in [0.717, 1.165) is 73.4 Å². The predicted octanol–water partition coefficient (Wildman–Crippen LogP) is 4.19. The standard InChI is InChI=1S/C28H38N4O3/c1-4-13-31(20-25(33)19-30-14-16-34-17-15-30)21-27-23(3)29-32(24-10-6-5-7-11-24)28(27)35-26-12-8-9-22(2)18-26/h5-12,18,25,33H,4,13-17,19-21H2,1-3H3/t25-/m0/s1. The molecule has 1 aliphatic heterocycles. The number of para-hydroxylation sites is 1. The molecule has 2 heterocycles. The lowest BCUT2D eigenvalue weighted by Crippen LogP contribution is -2.44. The molecule has 0 radical (unpaired) electrons. The number of hydrogen-bond acceptors (Lipinski definition) is 6. The minimum absolute atomic E-state index is 0.426. The van der Waals surface area contributed by atoms with Gasteiger partial charge in [-0.3, -0.25) is 9.80 Å². The highest BCUT2D eigenvalue weighted by molar-refractivity contribution is 5.43. The van der Waals surface area contributed by atoms with E-state index in [1.165, 1.54) is 0 Å². The van der Waals surface area contributed by atoms with Gasteiger partial charge in [-0.05, 0) is 56.6 Å². The molecular formula is C28H38N4O3. The van der Waals surface area contributed by atoms with Crippen molar-refractivity contribution < 1.29 is 14.6 Å². The Morgan fingerprint density at radius 1 is 1.09 bits per heavy atom. The molecule has 0 saturated carbocycles. The Bertz CT molecular complexity index is 1060. The van der Waals surface area contributed by atoms with Crippen molar-refractivity contribution in [2.45, 2.75) is 39.8 Å². The summed E-state index contributed by atoms with van der Waals surface area (Å²) < 4.78 is 13.8. The first-order valence-electron chi connectivity index (χ1n) is 12.6. The molecule has 0 spiro atoms. The van der Waals surface area contributed by atoms with Gasteiger partial charge in [-0.2, -0.15) is 5.10 Å². The zero-order chi connectivity index (χ0) is 24.6. The molecule has 0 amide bonds. The van der Waals surface area contributed by atoms with Gasteiger partial charge in [-0.15, -0.1) is 0 Å². The number of ether oxygens (including phenoxy) is 2. The molecule has 7 heteroatoms. The van der Waals surface area contributed by atoms with Crippen molar-refractivity contribution in [1.82, 2.24) is 19.6 Å². The molecule has 3 aromatic rings. The Hall–Kier alpha value is -2.71. The minimum atomic E-state index is -0.426. The van der Waals surface area contributed by atoms with Crippen molar-refractivity contribution in [2.75, 3.05) is 45.9 Å². The number of morpholine rings is 1. The lowest BCUT2D eigenvalue weighted by molar-refractivity contribution is 0.00622. The molecule has 1 atom stereocenters. The van der Waals surface area contributed by atoms with E-state index in [2.05, 4.69) is 29.7 Å². The molecule has 2 aromatic carbocycles. The smallest absolute Gasteiger partial charge is 0.227 e. The lowest BCUT2D eigenvalue weighted by atomic mass is 10.2. The summed E-state index contributed by atoms with van der Waals surface area (Å²) in [5.74, 6) is 1.51. The minimum Gasteiger partial charge on any atom is -0.439 e. The number of hydrogen-bond donors (Lipinski definition) is 1. The second-order valence-electron chi connectivity index (χ2n) is 9.34. The largest absolute Gasteiger partial charge is 0.439 e. The van der Waals surface area contributed by atoms with E-state index < -0.39 is 6.10 Å². The predicted molar refractivity (Wildman–Crippen MR) is 138 cm³/mol. The summed E-state index contributed by atoms with van der Waals surface area (Å²) in [6, 6.07) is 18.2. The van der Waals surface area contributed by atoms with Crippen LogP contribution in [0.15, 0.2) is 54.6 Å². The van der Waals surface area contributed by atoms with E-state index in [1.54, 1.807) is 0 Å². The first-order valence-corrected chi connectivity index (χ1v) is 12.6. The van der Waals surface area contributed by atoms with Gasteiger partial charge in [0.15, 0.2) is 0 Å². The number of aromatic nitrogens is 2. The van der Waals surface area contributed by atoms with Crippen LogP contribution in [0.2, 0.25) is 0 Å². The summed E-state index contributed by atoms with van der Waals surface area (Å²) in [5.41, 5.74) is 4.08. The fourth-order valence-corrected chi connectivity index (χ4v) is 4.57. The van der Waals surface area contributed by atoms with Crippen LogP contribution < -0.4 is 4.74 Å². The van der Waals surface area contributed by atoms with Gasteiger partial charge in [0.25, 0.3) is 0 Å². The summed E-state index contributed by atoms with van der Waals surface area (Å²) >= 11 is 0. The second-order valence-corrected chi connectivity index (χ2v) is 9.34. The molecule has 0 unspecified atom stereocenters. The van der Waals surface area contributed by atoms with Crippen LogP contribution in [0, 0.1) is 13.8 Å². The van der Waals surface area contributed by atoms with Gasteiger partial charge in [-0.1, -0.05) is 37.3 Å². The third-order valence-electron chi connectivity index (χ3n) is 6.31. The first kappa shape index (κ1) is 25.4. The van der Waals surface area contributed by atoms with Crippen LogP contribution in [0.4, 0.5) is 0 Å². The van der Waals surface area contributed by atoms with Crippen LogP contribution in [0.25, 0.3) is 5.69 Å². The van der Waals surface area contributed by atoms with Crippen LogP contribution >= 0.6 is 0 Å². The number of nitrogens with zero attached hydrogens (tertiary/aromatic N) is 4. The molecule has 1 saturated heterocycles. The SMILES string of the molecule is CCCN(Cc1c(C)nn(-c2ccccc2)c1Oc1cccc(C)c1)C[C@@H](O)CN1CCOCC1. The third kappa shape index (κ3) is 6.92. The Balaban J connectivity index is 1.59. The molecule has 188 valence electrons. The van der Waals surface area contributed by atoms with E-state index in [0.29, 0.717) is 19.6 Å². The molecule has 1 aliphatic rings. The number of benzene rings is 2. The maximum Gasteiger partial charge on any atom is 0.227 e. The normalized spacial score (nSPS) is 15.5. The van der Waals surface area contributed by atoms with Gasteiger partial charge in [0.2, 0.25) is 5.88 Å². The monoisotopic (exact) mass is 478 g/mol. The highest BCUT2D eigenvalue weighted by Crippen LogP contribution is 2.32.